The van der Waals surface area contributed by atoms with E-state index in [4.69, 9.17) is 5.73 Å². The summed E-state index contributed by atoms with van der Waals surface area (Å²) in [5.41, 5.74) is 5.73. The van der Waals surface area contributed by atoms with Gasteiger partial charge in [0.05, 0.1) is 0 Å². The third-order valence-corrected chi connectivity index (χ3v) is 4.39. The van der Waals surface area contributed by atoms with Gasteiger partial charge in [-0.1, -0.05) is 18.3 Å². The maximum absolute atomic E-state index is 11.9. The predicted molar refractivity (Wildman–Crippen MR) is 76.2 cm³/mol. The standard InChI is InChI=1S/C10H18N4OS2/c1-6(16-4)5-12-9(15)7-8(11)13-10(17-7)14(2)3/h6H,5,11H2,1-4H3,(H,12,15). The zero-order valence-electron chi connectivity index (χ0n) is 10.5. The highest BCUT2D eigenvalue weighted by Crippen LogP contribution is 2.26. The van der Waals surface area contributed by atoms with Crippen molar-refractivity contribution in [1.29, 1.82) is 0 Å². The summed E-state index contributed by atoms with van der Waals surface area (Å²) < 4.78 is 0. The Kier molecular flexibility index (Phi) is 5.07. The van der Waals surface area contributed by atoms with Crippen molar-refractivity contribution in [3.05, 3.63) is 4.88 Å². The van der Waals surface area contributed by atoms with Crippen LogP contribution in [0.5, 0.6) is 0 Å². The normalized spacial score (nSPS) is 12.2. The van der Waals surface area contributed by atoms with Gasteiger partial charge in [0.15, 0.2) is 5.13 Å². The molecule has 0 aliphatic rings. The largest absolute Gasteiger partial charge is 0.382 e. The van der Waals surface area contributed by atoms with Crippen LogP contribution in [0.25, 0.3) is 0 Å². The van der Waals surface area contributed by atoms with Crippen LogP contribution in [-0.4, -0.2) is 43.0 Å². The topological polar surface area (TPSA) is 71.2 Å². The second kappa shape index (κ2) is 6.11. The van der Waals surface area contributed by atoms with Gasteiger partial charge in [0.1, 0.15) is 10.7 Å². The van der Waals surface area contributed by atoms with Crippen LogP contribution >= 0.6 is 23.1 Å². The van der Waals surface area contributed by atoms with E-state index in [0.29, 0.717) is 22.5 Å². The molecule has 1 aromatic rings. The molecule has 1 atom stereocenters. The van der Waals surface area contributed by atoms with Gasteiger partial charge in [0, 0.05) is 25.9 Å². The van der Waals surface area contributed by atoms with Crippen LogP contribution in [0.15, 0.2) is 0 Å². The van der Waals surface area contributed by atoms with Crippen LogP contribution in [0.4, 0.5) is 10.9 Å². The number of anilines is 2. The van der Waals surface area contributed by atoms with E-state index in [0.717, 1.165) is 5.13 Å². The zero-order chi connectivity index (χ0) is 13.0. The van der Waals surface area contributed by atoms with E-state index in [2.05, 4.69) is 17.2 Å². The average Bonchev–Trinajstić information content (AvgIpc) is 2.68. The molecular formula is C10H18N4OS2. The van der Waals surface area contributed by atoms with Crippen LogP contribution in [0, 0.1) is 0 Å². The Bertz CT molecular complexity index is 392. The second-order valence-corrected chi connectivity index (χ2v) is 6.12. The number of thioether (sulfide) groups is 1. The Hall–Kier alpha value is -0.950. The first-order chi connectivity index (χ1) is 7.95. The molecule has 1 unspecified atom stereocenters. The van der Waals surface area contributed by atoms with Gasteiger partial charge >= 0.3 is 0 Å². The van der Waals surface area contributed by atoms with Crippen molar-refractivity contribution in [2.75, 3.05) is 37.5 Å². The highest BCUT2D eigenvalue weighted by Gasteiger charge is 2.17. The van der Waals surface area contributed by atoms with Crippen molar-refractivity contribution >= 4 is 40.0 Å². The first kappa shape index (κ1) is 14.1. The monoisotopic (exact) mass is 274 g/mol. The summed E-state index contributed by atoms with van der Waals surface area (Å²) in [4.78, 5) is 18.3. The van der Waals surface area contributed by atoms with Gasteiger partial charge in [0.2, 0.25) is 0 Å². The summed E-state index contributed by atoms with van der Waals surface area (Å²) in [7, 11) is 3.74. The lowest BCUT2D eigenvalue weighted by molar-refractivity contribution is 0.0959. The first-order valence-electron chi connectivity index (χ1n) is 5.20. The lowest BCUT2D eigenvalue weighted by Gasteiger charge is -2.08. The van der Waals surface area contributed by atoms with Crippen LogP contribution in [-0.2, 0) is 0 Å². The Morgan fingerprint density at radius 3 is 2.76 bits per heavy atom. The smallest absolute Gasteiger partial charge is 0.265 e. The van der Waals surface area contributed by atoms with Gasteiger partial charge in [-0.05, 0) is 6.26 Å². The molecular weight excluding hydrogens is 256 g/mol. The number of nitrogens with zero attached hydrogens (tertiary/aromatic N) is 2. The van der Waals surface area contributed by atoms with Crippen molar-refractivity contribution in [3.8, 4) is 0 Å². The number of thiazole rings is 1. The van der Waals surface area contributed by atoms with Crippen molar-refractivity contribution in [2.24, 2.45) is 0 Å². The molecule has 5 nitrogen and oxygen atoms in total. The zero-order valence-corrected chi connectivity index (χ0v) is 12.1. The molecule has 0 saturated carbocycles. The maximum Gasteiger partial charge on any atom is 0.265 e. The molecule has 0 bridgehead atoms. The number of hydrogen-bond donors (Lipinski definition) is 2. The molecule has 7 heteroatoms. The van der Waals surface area contributed by atoms with E-state index in [9.17, 15) is 4.79 Å². The molecule has 1 amide bonds. The molecule has 0 aromatic carbocycles. The van der Waals surface area contributed by atoms with Gasteiger partial charge in [-0.2, -0.15) is 11.8 Å². The minimum absolute atomic E-state index is 0.144. The molecule has 0 spiro atoms. The molecule has 1 rings (SSSR count). The minimum Gasteiger partial charge on any atom is -0.382 e. The summed E-state index contributed by atoms with van der Waals surface area (Å²) in [6, 6.07) is 0. The van der Waals surface area contributed by atoms with Gasteiger partial charge < -0.3 is 16.0 Å². The van der Waals surface area contributed by atoms with E-state index < -0.39 is 0 Å². The number of nitrogen functional groups attached to an aromatic ring is 1. The Morgan fingerprint density at radius 2 is 2.29 bits per heavy atom. The summed E-state index contributed by atoms with van der Waals surface area (Å²) in [6.07, 6.45) is 2.02. The van der Waals surface area contributed by atoms with E-state index in [-0.39, 0.29) is 5.91 Å². The number of hydrogen-bond acceptors (Lipinski definition) is 6. The first-order valence-corrected chi connectivity index (χ1v) is 7.30. The van der Waals surface area contributed by atoms with Crippen molar-refractivity contribution in [2.45, 2.75) is 12.2 Å². The van der Waals surface area contributed by atoms with Crippen LogP contribution < -0.4 is 16.0 Å². The third-order valence-electron chi connectivity index (χ3n) is 2.18. The number of amides is 1. The number of aromatic nitrogens is 1. The number of nitrogens with one attached hydrogen (secondary N) is 1. The van der Waals surface area contributed by atoms with E-state index in [1.54, 1.807) is 11.8 Å². The average molecular weight is 274 g/mol. The summed E-state index contributed by atoms with van der Waals surface area (Å²) in [6.45, 7) is 2.70. The van der Waals surface area contributed by atoms with Crippen molar-refractivity contribution in [3.63, 3.8) is 0 Å². The number of carbonyl (C=O) groups is 1. The number of nitrogens with two attached hydrogens (primary N) is 1. The SMILES string of the molecule is CSC(C)CNC(=O)c1sc(N(C)C)nc1N. The molecule has 1 heterocycles. The Morgan fingerprint density at radius 1 is 1.65 bits per heavy atom. The highest BCUT2D eigenvalue weighted by atomic mass is 32.2. The Balaban J connectivity index is 2.69. The fraction of sp³-hybridized carbons (Fsp3) is 0.600. The van der Waals surface area contributed by atoms with E-state index >= 15 is 0 Å². The van der Waals surface area contributed by atoms with Gasteiger partial charge in [-0.3, -0.25) is 4.79 Å². The maximum atomic E-state index is 11.9. The second-order valence-electron chi connectivity index (χ2n) is 3.86. The summed E-state index contributed by atoms with van der Waals surface area (Å²) in [5, 5.41) is 3.99. The van der Waals surface area contributed by atoms with Crippen LogP contribution in [0.1, 0.15) is 16.6 Å². The fourth-order valence-corrected chi connectivity index (χ4v) is 2.15. The summed E-state index contributed by atoms with van der Waals surface area (Å²) >= 11 is 3.02. The molecule has 17 heavy (non-hydrogen) atoms. The van der Waals surface area contributed by atoms with Crippen LogP contribution in [0.3, 0.4) is 0 Å². The predicted octanol–water partition coefficient (Wildman–Crippen LogP) is 1.27. The lowest BCUT2D eigenvalue weighted by atomic mass is 10.4. The minimum atomic E-state index is -0.144. The van der Waals surface area contributed by atoms with Crippen molar-refractivity contribution < 1.29 is 4.79 Å². The van der Waals surface area contributed by atoms with Gasteiger partial charge in [-0.15, -0.1) is 0 Å². The van der Waals surface area contributed by atoms with E-state index in [1.165, 1.54) is 11.3 Å². The lowest BCUT2D eigenvalue weighted by Crippen LogP contribution is -2.29. The van der Waals surface area contributed by atoms with Gasteiger partial charge in [-0.25, -0.2) is 4.98 Å². The fourth-order valence-electron chi connectivity index (χ4n) is 1.07. The molecule has 1 aromatic heterocycles. The molecule has 0 aliphatic heterocycles. The molecule has 0 aliphatic carbocycles. The van der Waals surface area contributed by atoms with Gasteiger partial charge in [0.25, 0.3) is 5.91 Å². The molecule has 96 valence electrons. The van der Waals surface area contributed by atoms with Crippen LogP contribution in [0.2, 0.25) is 0 Å². The number of carbonyl (C=O) groups excluding carboxylic acids is 1. The highest BCUT2D eigenvalue weighted by molar-refractivity contribution is 7.99. The van der Waals surface area contributed by atoms with E-state index in [1.807, 2.05) is 25.3 Å². The Labute approximate surface area is 110 Å². The quantitative estimate of drug-likeness (QED) is 0.846. The van der Waals surface area contributed by atoms with Crippen molar-refractivity contribution in [1.82, 2.24) is 10.3 Å². The number of rotatable bonds is 5. The third kappa shape index (κ3) is 3.78. The molecule has 0 fully saturated rings. The molecule has 3 N–H and O–H groups in total. The summed E-state index contributed by atoms with van der Waals surface area (Å²) in [5.74, 6) is 0.155. The molecule has 0 radical (unpaired) electrons. The molecule has 0 saturated heterocycles.